The number of carbonyl (C=O) groups is 4. The van der Waals surface area contributed by atoms with Crippen molar-refractivity contribution in [2.75, 3.05) is 38.1 Å². The lowest BCUT2D eigenvalue weighted by Crippen LogP contribution is -2.49. The molecule has 48 heavy (non-hydrogen) atoms. The predicted octanol–water partition coefficient (Wildman–Crippen LogP) is 4.34. The first kappa shape index (κ1) is 35.0. The van der Waals surface area contributed by atoms with E-state index in [2.05, 4.69) is 10.6 Å². The molecule has 10 nitrogen and oxygen atoms in total. The third-order valence-corrected chi connectivity index (χ3v) is 7.76. The molecule has 4 aromatic rings. The second-order valence-corrected chi connectivity index (χ2v) is 11.0. The van der Waals surface area contributed by atoms with Crippen molar-refractivity contribution in [1.82, 2.24) is 10.6 Å². The van der Waals surface area contributed by atoms with Gasteiger partial charge in [0.05, 0.1) is 14.2 Å². The number of hydrogen-bond acceptors (Lipinski definition) is 6. The molecule has 4 aromatic carbocycles. The summed E-state index contributed by atoms with van der Waals surface area (Å²) in [6.07, 6.45) is 2.59. The van der Waals surface area contributed by atoms with Crippen LogP contribution in [0.2, 0.25) is 0 Å². The van der Waals surface area contributed by atoms with Crippen LogP contribution in [-0.2, 0) is 32.0 Å². The highest BCUT2D eigenvalue weighted by Gasteiger charge is 2.27. The summed E-state index contributed by atoms with van der Waals surface area (Å²) in [4.78, 5) is 56.4. The van der Waals surface area contributed by atoms with E-state index >= 15 is 0 Å². The van der Waals surface area contributed by atoms with Gasteiger partial charge in [-0.3, -0.25) is 19.2 Å². The van der Waals surface area contributed by atoms with Gasteiger partial charge in [0, 0.05) is 50.5 Å². The molecule has 0 spiro atoms. The number of hydrogen-bond donors (Lipinski definition) is 2. The van der Waals surface area contributed by atoms with Crippen LogP contribution in [0.3, 0.4) is 0 Å². The van der Waals surface area contributed by atoms with Gasteiger partial charge in [-0.05, 0) is 59.7 Å². The van der Waals surface area contributed by atoms with Gasteiger partial charge in [0.25, 0.3) is 0 Å². The monoisotopic (exact) mass is 648 g/mol. The first-order valence-electron chi connectivity index (χ1n) is 15.4. The Labute approximate surface area is 281 Å². The number of nitrogens with zero attached hydrogens (tertiary/aromatic N) is 2. The molecule has 0 saturated heterocycles. The van der Waals surface area contributed by atoms with Crippen LogP contribution in [0.15, 0.2) is 121 Å². The lowest BCUT2D eigenvalue weighted by atomic mass is 10.0. The number of ether oxygens (including phenoxy) is 2. The van der Waals surface area contributed by atoms with Crippen LogP contribution in [0.25, 0.3) is 0 Å². The molecule has 0 aromatic heterocycles. The molecule has 0 aliphatic heterocycles. The lowest BCUT2D eigenvalue weighted by Gasteiger charge is -2.25. The molecule has 0 saturated carbocycles. The van der Waals surface area contributed by atoms with Crippen LogP contribution in [0.4, 0.5) is 11.4 Å². The number of benzene rings is 4. The van der Waals surface area contributed by atoms with Crippen molar-refractivity contribution in [2.45, 2.75) is 24.9 Å². The molecule has 1 unspecified atom stereocenters. The minimum Gasteiger partial charge on any atom is -0.497 e. The zero-order valence-corrected chi connectivity index (χ0v) is 27.5. The maximum Gasteiger partial charge on any atom is 0.249 e. The number of anilines is 2. The molecule has 0 fully saturated rings. The molecule has 0 aliphatic carbocycles. The summed E-state index contributed by atoms with van der Waals surface area (Å²) in [7, 11) is 6.38. The summed E-state index contributed by atoms with van der Waals surface area (Å²) in [5, 5.41) is 5.50. The van der Waals surface area contributed by atoms with Crippen molar-refractivity contribution in [1.29, 1.82) is 0 Å². The average Bonchev–Trinajstić information content (AvgIpc) is 3.13. The second-order valence-electron chi connectivity index (χ2n) is 11.0. The van der Waals surface area contributed by atoms with Gasteiger partial charge in [0.1, 0.15) is 23.6 Å². The van der Waals surface area contributed by atoms with Crippen LogP contribution in [0.1, 0.15) is 11.1 Å². The highest BCUT2D eigenvalue weighted by molar-refractivity contribution is 6.04. The Morgan fingerprint density at radius 3 is 1.21 bits per heavy atom. The molecule has 2 N–H and O–H groups in total. The summed E-state index contributed by atoms with van der Waals surface area (Å²) in [5.41, 5.74) is 2.95. The Hall–Kier alpha value is -5.90. The molecule has 4 amide bonds. The third-order valence-electron chi connectivity index (χ3n) is 7.76. The van der Waals surface area contributed by atoms with E-state index in [1.54, 1.807) is 76.8 Å². The maximum atomic E-state index is 13.6. The van der Waals surface area contributed by atoms with Gasteiger partial charge in [0.15, 0.2) is 0 Å². The molecule has 2 atom stereocenters. The summed E-state index contributed by atoms with van der Waals surface area (Å²) < 4.78 is 10.4. The van der Waals surface area contributed by atoms with Crippen molar-refractivity contribution >= 4 is 35.0 Å². The van der Waals surface area contributed by atoms with Gasteiger partial charge in [-0.15, -0.1) is 0 Å². The molecule has 248 valence electrons. The number of likely N-dealkylation sites (N-methyl/N-ethyl adjacent to an activating group) is 2. The molecule has 0 bridgehead atoms. The van der Waals surface area contributed by atoms with E-state index in [-0.39, 0.29) is 24.7 Å². The maximum absolute atomic E-state index is 13.6. The van der Waals surface area contributed by atoms with E-state index in [9.17, 15) is 19.2 Å². The highest BCUT2D eigenvalue weighted by Crippen LogP contribution is 2.21. The number of nitrogens with one attached hydrogen (secondary N) is 2. The normalized spacial score (nSPS) is 12.0. The largest absolute Gasteiger partial charge is 0.497 e. The van der Waals surface area contributed by atoms with E-state index in [1.165, 1.54) is 9.80 Å². The fraction of sp³-hybridized carbons (Fsp3) is 0.211. The van der Waals surface area contributed by atoms with Gasteiger partial charge >= 0.3 is 0 Å². The first-order chi connectivity index (χ1) is 23.2. The van der Waals surface area contributed by atoms with Gasteiger partial charge in [-0.25, -0.2) is 0 Å². The van der Waals surface area contributed by atoms with Gasteiger partial charge < -0.3 is 29.9 Å². The molecule has 0 aliphatic rings. The highest BCUT2D eigenvalue weighted by atomic mass is 16.5. The van der Waals surface area contributed by atoms with Crippen molar-refractivity contribution in [3.05, 3.63) is 132 Å². The van der Waals surface area contributed by atoms with Crippen molar-refractivity contribution in [2.24, 2.45) is 0 Å². The quantitative estimate of drug-likeness (QED) is 0.197. The molecule has 10 heteroatoms. The van der Waals surface area contributed by atoms with Crippen LogP contribution in [0.5, 0.6) is 11.5 Å². The van der Waals surface area contributed by atoms with Gasteiger partial charge in [0.2, 0.25) is 23.6 Å². The van der Waals surface area contributed by atoms with Crippen molar-refractivity contribution in [3.63, 3.8) is 0 Å². The van der Waals surface area contributed by atoms with Crippen molar-refractivity contribution in [3.8, 4) is 11.5 Å². The Bertz CT molecular complexity index is 1570. The fourth-order valence-corrected chi connectivity index (χ4v) is 5.02. The topological polar surface area (TPSA) is 117 Å². The lowest BCUT2D eigenvalue weighted by molar-refractivity contribution is -0.125. The molecule has 0 radical (unpaired) electrons. The number of carbonyl (C=O) groups excluding carboxylic acids is 4. The van der Waals surface area contributed by atoms with Crippen LogP contribution < -0.4 is 29.9 Å². The molecular formula is C38H40N4O6. The minimum atomic E-state index is -0.926. The summed E-state index contributed by atoms with van der Waals surface area (Å²) >= 11 is 0. The second kappa shape index (κ2) is 17.1. The van der Waals surface area contributed by atoms with Gasteiger partial charge in [-0.1, -0.05) is 60.7 Å². The predicted molar refractivity (Wildman–Crippen MR) is 186 cm³/mol. The Morgan fingerprint density at radius 2 is 0.896 bits per heavy atom. The summed E-state index contributed by atoms with van der Waals surface area (Å²) in [6, 6.07) is 30.8. The molecule has 4 rings (SSSR count). The Morgan fingerprint density at radius 1 is 0.562 bits per heavy atom. The van der Waals surface area contributed by atoms with Crippen LogP contribution in [-0.4, -0.2) is 64.0 Å². The smallest absolute Gasteiger partial charge is 0.249 e. The van der Waals surface area contributed by atoms with Crippen LogP contribution >= 0.6 is 0 Å². The third kappa shape index (κ3) is 9.80. The van der Waals surface area contributed by atoms with Crippen molar-refractivity contribution < 1.29 is 28.7 Å². The minimum absolute atomic E-state index is 0.233. The number of methoxy groups -OCH3 is 2. The number of rotatable bonds is 14. The van der Waals surface area contributed by atoms with Gasteiger partial charge in [-0.2, -0.15) is 0 Å². The molecular weight excluding hydrogens is 608 g/mol. The fourth-order valence-electron chi connectivity index (χ4n) is 5.02. The summed E-state index contributed by atoms with van der Waals surface area (Å²) in [6.45, 7) is 0. The van der Waals surface area contributed by atoms with E-state index < -0.39 is 23.9 Å². The van der Waals surface area contributed by atoms with E-state index in [0.29, 0.717) is 22.9 Å². The average molecular weight is 649 g/mol. The SMILES string of the molecule is COc1ccc(N(C)C(=O)C(Cc2ccccc2)NC(=O)/C=C/C(=O)N[C@@H](Cc2ccccc2)C(=O)N(C)c2ccc(OC)cc2)cc1. The van der Waals surface area contributed by atoms with E-state index in [1.807, 2.05) is 60.7 Å². The summed E-state index contributed by atoms with van der Waals surface area (Å²) in [5.74, 6) is -0.655. The Kier molecular flexibility index (Phi) is 12.5. The van der Waals surface area contributed by atoms with E-state index in [4.69, 9.17) is 9.47 Å². The van der Waals surface area contributed by atoms with E-state index in [0.717, 1.165) is 23.3 Å². The molecule has 0 heterocycles. The van der Waals surface area contributed by atoms with Crippen LogP contribution in [0, 0.1) is 0 Å². The standard InChI is InChI=1S/C38H40N4O6/c1-41(29-15-19-31(47-3)20-16-29)37(45)33(25-27-11-7-5-8-12-27)39-35(43)23-24-36(44)40-34(26-28-13-9-6-10-14-28)38(46)42(2)30-17-21-32(48-4)22-18-30/h5-24,33-34H,25-26H2,1-4H3,(H,39,43)(H,40,44)/b24-23+/t33-,34?/m0/s1. The zero-order valence-electron chi connectivity index (χ0n) is 27.5. The zero-order chi connectivity index (χ0) is 34.5. The number of amides is 4. The Balaban J connectivity index is 1.47. The first-order valence-corrected chi connectivity index (χ1v) is 15.4.